The molecule has 5 heterocycles. The highest BCUT2D eigenvalue weighted by atomic mass is 35.5. The Morgan fingerprint density at radius 3 is 2.55 bits per heavy atom. The van der Waals surface area contributed by atoms with Crippen molar-refractivity contribution < 1.29 is 18.8 Å². The Morgan fingerprint density at radius 1 is 0.921 bits per heavy atom. The number of amides is 2. The highest BCUT2D eigenvalue weighted by molar-refractivity contribution is 6.31. The van der Waals surface area contributed by atoms with Crippen molar-refractivity contribution in [3.63, 3.8) is 0 Å². The van der Waals surface area contributed by atoms with Crippen LogP contribution in [-0.2, 0) is 20.5 Å². The summed E-state index contributed by atoms with van der Waals surface area (Å²) in [6.45, 7) is 0.575. The number of nitrogens with one attached hydrogen (secondary N) is 2. The lowest BCUT2D eigenvalue weighted by atomic mass is 9.57. The number of furan rings is 1. The predicted octanol–water partition coefficient (Wildman–Crippen LogP) is 5.10. The lowest BCUT2D eigenvalue weighted by Crippen LogP contribution is -2.62. The lowest BCUT2D eigenvalue weighted by molar-refractivity contribution is -0.137. The number of hydrogen-bond acceptors (Lipinski definition) is 5. The number of ketones is 1. The van der Waals surface area contributed by atoms with E-state index in [-0.39, 0.29) is 29.4 Å². The van der Waals surface area contributed by atoms with E-state index in [4.69, 9.17) is 16.0 Å². The van der Waals surface area contributed by atoms with Crippen LogP contribution in [0.15, 0.2) is 77.2 Å². The van der Waals surface area contributed by atoms with E-state index in [1.54, 1.807) is 24.3 Å². The summed E-state index contributed by atoms with van der Waals surface area (Å²) < 4.78 is 6.06. The van der Waals surface area contributed by atoms with Crippen LogP contribution in [-0.4, -0.2) is 35.1 Å². The highest BCUT2D eigenvalue weighted by Gasteiger charge is 2.81. The van der Waals surface area contributed by atoms with Gasteiger partial charge in [-0.05, 0) is 61.3 Å². The minimum atomic E-state index is -1.52. The van der Waals surface area contributed by atoms with Crippen molar-refractivity contribution in [1.29, 1.82) is 0 Å². The molecule has 4 aliphatic heterocycles. The van der Waals surface area contributed by atoms with Gasteiger partial charge in [-0.25, -0.2) is 0 Å². The van der Waals surface area contributed by atoms with Gasteiger partial charge in [0, 0.05) is 33.4 Å². The van der Waals surface area contributed by atoms with E-state index in [1.807, 2.05) is 48.5 Å². The van der Waals surface area contributed by atoms with Gasteiger partial charge in [-0.1, -0.05) is 48.0 Å². The summed E-state index contributed by atoms with van der Waals surface area (Å²) >= 11 is 6.51. The third-order valence-corrected chi connectivity index (χ3v) is 9.24. The smallest absolute Gasteiger partial charge is 0.251 e. The zero-order valence-corrected chi connectivity index (χ0v) is 20.9. The monoisotopic (exact) mass is 523 g/mol. The SMILES string of the molecule is O=C(c1cc2ccccc2o1)C1C2CCCN2C2(C(=O)Nc3ccc(Cl)cc32)C12C(=O)Nc1ccccc12. The molecule has 0 radical (unpaired) electrons. The summed E-state index contributed by atoms with van der Waals surface area (Å²) in [6.07, 6.45) is 1.48. The van der Waals surface area contributed by atoms with Gasteiger partial charge in [-0.2, -0.15) is 0 Å². The minimum Gasteiger partial charge on any atom is -0.453 e. The van der Waals surface area contributed by atoms with Crippen molar-refractivity contribution >= 4 is 51.5 Å². The van der Waals surface area contributed by atoms with Gasteiger partial charge in [0.2, 0.25) is 11.7 Å². The molecular formula is C30H22ClN3O4. The van der Waals surface area contributed by atoms with E-state index in [9.17, 15) is 14.4 Å². The fourth-order valence-electron chi connectivity index (χ4n) is 7.81. The Bertz CT molecular complexity index is 1700. The van der Waals surface area contributed by atoms with Gasteiger partial charge in [0.15, 0.2) is 5.76 Å². The van der Waals surface area contributed by atoms with E-state index in [0.29, 0.717) is 46.1 Å². The fourth-order valence-corrected chi connectivity index (χ4v) is 7.98. The van der Waals surface area contributed by atoms with Crippen LogP contribution < -0.4 is 10.6 Å². The van der Waals surface area contributed by atoms with E-state index in [1.165, 1.54) is 0 Å². The van der Waals surface area contributed by atoms with Crippen molar-refractivity contribution in [2.45, 2.75) is 29.8 Å². The van der Waals surface area contributed by atoms with Gasteiger partial charge in [0.05, 0.1) is 5.92 Å². The van der Waals surface area contributed by atoms with Crippen molar-refractivity contribution in [2.24, 2.45) is 5.92 Å². The number of fused-ring (bicyclic) bond motifs is 8. The topological polar surface area (TPSA) is 91.7 Å². The zero-order valence-electron chi connectivity index (χ0n) is 20.2. The Balaban J connectivity index is 1.47. The number of carbonyl (C=O) groups excluding carboxylic acids is 3. The van der Waals surface area contributed by atoms with Gasteiger partial charge in [0.1, 0.15) is 16.5 Å². The first-order valence-electron chi connectivity index (χ1n) is 12.8. The van der Waals surface area contributed by atoms with E-state index >= 15 is 0 Å². The molecule has 4 aromatic rings. The van der Waals surface area contributed by atoms with Crippen LogP contribution in [0.25, 0.3) is 11.0 Å². The van der Waals surface area contributed by atoms with Gasteiger partial charge >= 0.3 is 0 Å². The number of para-hydroxylation sites is 2. The Labute approximate surface area is 222 Å². The zero-order chi connectivity index (χ0) is 25.8. The van der Waals surface area contributed by atoms with Crippen molar-refractivity contribution in [3.05, 3.63) is 94.7 Å². The second kappa shape index (κ2) is 7.34. The van der Waals surface area contributed by atoms with Crippen LogP contribution in [0.5, 0.6) is 0 Å². The van der Waals surface area contributed by atoms with Crippen LogP contribution in [0.1, 0.15) is 34.5 Å². The van der Waals surface area contributed by atoms with Crippen LogP contribution in [0, 0.1) is 5.92 Å². The van der Waals surface area contributed by atoms with E-state index < -0.39 is 16.9 Å². The maximum absolute atomic E-state index is 14.6. The largest absolute Gasteiger partial charge is 0.453 e. The first-order valence-corrected chi connectivity index (χ1v) is 13.2. The second-order valence-corrected chi connectivity index (χ2v) is 11.0. The number of hydrogen-bond donors (Lipinski definition) is 2. The molecular weight excluding hydrogens is 502 g/mol. The van der Waals surface area contributed by atoms with Crippen molar-refractivity contribution in [1.82, 2.24) is 4.90 Å². The second-order valence-electron chi connectivity index (χ2n) is 10.6. The molecule has 38 heavy (non-hydrogen) atoms. The Hall–Kier alpha value is -3.94. The maximum atomic E-state index is 14.6. The average Bonchev–Trinajstić information content (AvgIpc) is 3.70. The number of halogens is 1. The molecule has 2 amide bonds. The summed E-state index contributed by atoms with van der Waals surface area (Å²) in [7, 11) is 0. The van der Waals surface area contributed by atoms with Gasteiger partial charge in [-0.15, -0.1) is 0 Å². The number of carbonyl (C=O) groups is 3. The summed E-state index contributed by atoms with van der Waals surface area (Å²) in [5.74, 6) is -1.60. The molecule has 188 valence electrons. The normalized spacial score (nSPS) is 29.1. The van der Waals surface area contributed by atoms with E-state index in [2.05, 4.69) is 15.5 Å². The lowest BCUT2D eigenvalue weighted by Gasteiger charge is -2.43. The summed E-state index contributed by atoms with van der Waals surface area (Å²) in [5, 5.41) is 7.35. The summed E-state index contributed by atoms with van der Waals surface area (Å²) in [6, 6.07) is 21.5. The number of Topliss-reactive ketones (excluding diaryl/α,β-unsaturated/α-hetero) is 1. The number of anilines is 2. The van der Waals surface area contributed by atoms with Crippen molar-refractivity contribution in [2.75, 3.05) is 17.2 Å². The molecule has 8 heteroatoms. The third kappa shape index (κ3) is 2.38. The van der Waals surface area contributed by atoms with Gasteiger partial charge < -0.3 is 15.1 Å². The molecule has 8 rings (SSSR count). The average molecular weight is 524 g/mol. The molecule has 1 aromatic heterocycles. The number of benzene rings is 3. The van der Waals surface area contributed by atoms with Gasteiger partial charge in [0.25, 0.3) is 5.91 Å². The molecule has 4 unspecified atom stereocenters. The maximum Gasteiger partial charge on any atom is 0.251 e. The number of rotatable bonds is 2. The first kappa shape index (κ1) is 22.1. The summed E-state index contributed by atoms with van der Waals surface area (Å²) in [4.78, 5) is 45.6. The molecule has 2 spiro atoms. The van der Waals surface area contributed by atoms with Crippen LogP contribution in [0.3, 0.4) is 0 Å². The molecule has 4 aliphatic rings. The van der Waals surface area contributed by atoms with Gasteiger partial charge in [-0.3, -0.25) is 19.3 Å². The standard InChI is InChI=1S/C30H22ClN3O4/c31-17-11-12-21-19(15-17)30(28(37)33-21)29(18-7-2-3-8-20(18)32-27(29)36)25(22-9-5-13-34(22)30)26(35)24-14-16-6-1-4-10-23(16)38-24/h1-4,6-8,10-12,14-15,22,25H,5,9,13H2,(H,32,36)(H,33,37). The predicted molar refractivity (Wildman–Crippen MR) is 142 cm³/mol. The minimum absolute atomic E-state index is 0.196. The fraction of sp³-hybridized carbons (Fsp3) is 0.233. The van der Waals surface area contributed by atoms with E-state index in [0.717, 1.165) is 11.8 Å². The molecule has 0 aliphatic carbocycles. The van der Waals surface area contributed by atoms with Crippen LogP contribution in [0.4, 0.5) is 11.4 Å². The molecule has 0 bridgehead atoms. The molecule has 2 fully saturated rings. The molecule has 2 N–H and O–H groups in total. The quantitative estimate of drug-likeness (QED) is 0.357. The van der Waals surface area contributed by atoms with Crippen molar-refractivity contribution in [3.8, 4) is 0 Å². The molecule has 4 atom stereocenters. The highest BCUT2D eigenvalue weighted by Crippen LogP contribution is 2.68. The molecule has 0 saturated carbocycles. The third-order valence-electron chi connectivity index (χ3n) is 9.01. The molecule has 3 aromatic carbocycles. The van der Waals surface area contributed by atoms with Crippen LogP contribution in [0.2, 0.25) is 5.02 Å². The summed E-state index contributed by atoms with van der Waals surface area (Å²) in [5.41, 5.74) is 0.142. The van der Waals surface area contributed by atoms with Crippen LogP contribution >= 0.6 is 11.6 Å². The number of nitrogens with zero attached hydrogens (tertiary/aromatic N) is 1. The Kier molecular flexibility index (Phi) is 4.26. The molecule has 2 saturated heterocycles. The Morgan fingerprint density at radius 2 is 1.68 bits per heavy atom. The first-order chi connectivity index (χ1) is 18.5. The molecule has 7 nitrogen and oxygen atoms in total.